The summed E-state index contributed by atoms with van der Waals surface area (Å²) in [5.41, 5.74) is 11.6. The van der Waals surface area contributed by atoms with E-state index in [1.807, 2.05) is 0 Å². The fourth-order valence-electron chi connectivity index (χ4n) is 2.16. The molecule has 0 saturated heterocycles. The van der Waals surface area contributed by atoms with Gasteiger partial charge in [0.2, 0.25) is 5.95 Å². The van der Waals surface area contributed by atoms with Crippen molar-refractivity contribution < 1.29 is 0 Å². The van der Waals surface area contributed by atoms with Crippen LogP contribution in [-0.2, 0) is 6.42 Å². The molecule has 0 aliphatic heterocycles. The van der Waals surface area contributed by atoms with Crippen molar-refractivity contribution in [1.82, 2.24) is 15.2 Å². The molecule has 1 aromatic heterocycles. The maximum atomic E-state index is 6.27. The summed E-state index contributed by atoms with van der Waals surface area (Å²) in [4.78, 5) is 4.08. The minimum atomic E-state index is -0.0930. The highest BCUT2D eigenvalue weighted by Crippen LogP contribution is 2.28. The summed E-state index contributed by atoms with van der Waals surface area (Å²) in [5.74, 6) is 1.12. The van der Waals surface area contributed by atoms with Crippen LogP contribution in [0.4, 0.5) is 5.95 Å². The first kappa shape index (κ1) is 9.45. The van der Waals surface area contributed by atoms with Crippen LogP contribution in [0.5, 0.6) is 0 Å². The van der Waals surface area contributed by atoms with Crippen LogP contribution in [0.15, 0.2) is 0 Å². The molecular formula is C9H17N5. The van der Waals surface area contributed by atoms with Gasteiger partial charge in [-0.3, -0.25) is 5.10 Å². The SMILES string of the molecule is Nc1n[nH]c(CC2(N)CCCCC2)n1. The molecule has 2 rings (SSSR count). The molecule has 1 aromatic rings. The predicted octanol–water partition coefficient (Wildman–Crippen LogP) is 0.591. The summed E-state index contributed by atoms with van der Waals surface area (Å²) in [5, 5.41) is 6.61. The Labute approximate surface area is 83.3 Å². The molecule has 5 N–H and O–H groups in total. The minimum Gasteiger partial charge on any atom is -0.367 e. The number of nitrogen functional groups attached to an aromatic ring is 1. The van der Waals surface area contributed by atoms with E-state index in [1.54, 1.807) is 0 Å². The summed E-state index contributed by atoms with van der Waals surface area (Å²) in [6.45, 7) is 0. The standard InChI is InChI=1S/C9H17N5/c10-8-12-7(13-14-8)6-9(11)4-2-1-3-5-9/h1-6,11H2,(H3,10,12,13,14). The largest absolute Gasteiger partial charge is 0.367 e. The van der Waals surface area contributed by atoms with Gasteiger partial charge in [-0.1, -0.05) is 19.3 Å². The van der Waals surface area contributed by atoms with Gasteiger partial charge in [0.15, 0.2) is 0 Å². The highest BCUT2D eigenvalue weighted by Gasteiger charge is 2.28. The third kappa shape index (κ3) is 2.04. The first-order valence-corrected chi connectivity index (χ1v) is 5.14. The van der Waals surface area contributed by atoms with E-state index in [-0.39, 0.29) is 5.54 Å². The van der Waals surface area contributed by atoms with Crippen molar-refractivity contribution in [3.8, 4) is 0 Å². The highest BCUT2D eigenvalue weighted by molar-refractivity contribution is 5.14. The van der Waals surface area contributed by atoms with Crippen LogP contribution >= 0.6 is 0 Å². The molecule has 0 spiro atoms. The smallest absolute Gasteiger partial charge is 0.239 e. The molecule has 1 heterocycles. The Morgan fingerprint density at radius 2 is 2.00 bits per heavy atom. The molecule has 14 heavy (non-hydrogen) atoms. The Bertz CT molecular complexity index is 300. The van der Waals surface area contributed by atoms with E-state index in [0.29, 0.717) is 5.95 Å². The Balaban J connectivity index is 2.01. The van der Waals surface area contributed by atoms with Gasteiger partial charge in [0.05, 0.1) is 0 Å². The second-order valence-corrected chi connectivity index (χ2v) is 4.24. The topological polar surface area (TPSA) is 93.6 Å². The van der Waals surface area contributed by atoms with E-state index in [0.717, 1.165) is 25.1 Å². The van der Waals surface area contributed by atoms with Gasteiger partial charge < -0.3 is 11.5 Å². The lowest BCUT2D eigenvalue weighted by molar-refractivity contribution is 0.290. The van der Waals surface area contributed by atoms with Gasteiger partial charge in [-0.25, -0.2) is 0 Å². The van der Waals surface area contributed by atoms with E-state index in [9.17, 15) is 0 Å². The lowest BCUT2D eigenvalue weighted by Crippen LogP contribution is -2.44. The number of hydrogen-bond acceptors (Lipinski definition) is 4. The monoisotopic (exact) mass is 195 g/mol. The van der Waals surface area contributed by atoms with Gasteiger partial charge in [-0.15, -0.1) is 5.10 Å². The molecule has 5 heteroatoms. The Hall–Kier alpha value is -1.10. The summed E-state index contributed by atoms with van der Waals surface area (Å²) < 4.78 is 0. The van der Waals surface area contributed by atoms with Gasteiger partial charge >= 0.3 is 0 Å². The number of aromatic nitrogens is 3. The van der Waals surface area contributed by atoms with Crippen molar-refractivity contribution in [3.63, 3.8) is 0 Å². The summed E-state index contributed by atoms with van der Waals surface area (Å²) in [6, 6.07) is 0. The third-order valence-corrected chi connectivity index (χ3v) is 2.92. The molecule has 1 aliphatic rings. The van der Waals surface area contributed by atoms with E-state index in [4.69, 9.17) is 11.5 Å². The Kier molecular flexibility index (Phi) is 2.41. The van der Waals surface area contributed by atoms with Crippen molar-refractivity contribution >= 4 is 5.95 Å². The lowest BCUT2D eigenvalue weighted by Gasteiger charge is -2.32. The number of rotatable bonds is 2. The number of nitrogens with one attached hydrogen (secondary N) is 1. The average molecular weight is 195 g/mol. The minimum absolute atomic E-state index is 0.0930. The highest BCUT2D eigenvalue weighted by atomic mass is 15.3. The van der Waals surface area contributed by atoms with E-state index in [1.165, 1.54) is 19.3 Å². The van der Waals surface area contributed by atoms with Gasteiger partial charge in [0.25, 0.3) is 0 Å². The van der Waals surface area contributed by atoms with Crippen LogP contribution in [-0.4, -0.2) is 20.7 Å². The van der Waals surface area contributed by atoms with Gasteiger partial charge in [0, 0.05) is 12.0 Å². The molecule has 1 fully saturated rings. The van der Waals surface area contributed by atoms with Crippen LogP contribution < -0.4 is 11.5 Å². The molecular weight excluding hydrogens is 178 g/mol. The quantitative estimate of drug-likeness (QED) is 0.643. The fourth-order valence-corrected chi connectivity index (χ4v) is 2.16. The number of anilines is 1. The summed E-state index contributed by atoms with van der Waals surface area (Å²) in [6.07, 6.45) is 6.66. The van der Waals surface area contributed by atoms with Crippen LogP contribution in [0, 0.1) is 0 Å². The zero-order chi connectivity index (χ0) is 10.0. The maximum Gasteiger partial charge on any atom is 0.239 e. The first-order valence-electron chi connectivity index (χ1n) is 5.14. The van der Waals surface area contributed by atoms with Crippen molar-refractivity contribution in [2.75, 3.05) is 5.73 Å². The van der Waals surface area contributed by atoms with Crippen molar-refractivity contribution in [2.24, 2.45) is 5.73 Å². The molecule has 1 saturated carbocycles. The Morgan fingerprint density at radius 1 is 1.29 bits per heavy atom. The molecule has 0 radical (unpaired) electrons. The number of nitrogens with two attached hydrogens (primary N) is 2. The number of aromatic amines is 1. The number of hydrogen-bond donors (Lipinski definition) is 3. The second kappa shape index (κ2) is 3.57. The van der Waals surface area contributed by atoms with E-state index < -0.39 is 0 Å². The molecule has 0 amide bonds. The van der Waals surface area contributed by atoms with Crippen molar-refractivity contribution in [2.45, 2.75) is 44.1 Å². The molecule has 5 nitrogen and oxygen atoms in total. The molecule has 0 bridgehead atoms. The molecule has 1 aliphatic carbocycles. The van der Waals surface area contributed by atoms with Crippen LogP contribution in [0.2, 0.25) is 0 Å². The average Bonchev–Trinajstić information content (AvgIpc) is 2.51. The normalized spacial score (nSPS) is 20.9. The van der Waals surface area contributed by atoms with Crippen LogP contribution in [0.25, 0.3) is 0 Å². The molecule has 78 valence electrons. The van der Waals surface area contributed by atoms with Crippen molar-refractivity contribution in [3.05, 3.63) is 5.82 Å². The van der Waals surface area contributed by atoms with Crippen LogP contribution in [0.1, 0.15) is 37.9 Å². The molecule has 0 unspecified atom stereocenters. The Morgan fingerprint density at radius 3 is 2.57 bits per heavy atom. The van der Waals surface area contributed by atoms with E-state index in [2.05, 4.69) is 15.2 Å². The fraction of sp³-hybridized carbons (Fsp3) is 0.778. The van der Waals surface area contributed by atoms with Crippen LogP contribution in [0.3, 0.4) is 0 Å². The number of H-pyrrole nitrogens is 1. The molecule has 0 atom stereocenters. The van der Waals surface area contributed by atoms with E-state index >= 15 is 0 Å². The first-order chi connectivity index (χ1) is 6.68. The van der Waals surface area contributed by atoms with Gasteiger partial charge in [0.1, 0.15) is 5.82 Å². The zero-order valence-electron chi connectivity index (χ0n) is 8.29. The summed E-state index contributed by atoms with van der Waals surface area (Å²) >= 11 is 0. The van der Waals surface area contributed by atoms with Crippen molar-refractivity contribution in [1.29, 1.82) is 0 Å². The van der Waals surface area contributed by atoms with Gasteiger partial charge in [-0.05, 0) is 12.8 Å². The molecule has 0 aromatic carbocycles. The third-order valence-electron chi connectivity index (χ3n) is 2.92. The lowest BCUT2D eigenvalue weighted by atomic mass is 9.80. The second-order valence-electron chi connectivity index (χ2n) is 4.24. The maximum absolute atomic E-state index is 6.27. The van der Waals surface area contributed by atoms with Gasteiger partial charge in [-0.2, -0.15) is 4.98 Å². The summed E-state index contributed by atoms with van der Waals surface area (Å²) in [7, 11) is 0. The number of nitrogens with zero attached hydrogens (tertiary/aromatic N) is 2. The predicted molar refractivity (Wildman–Crippen MR) is 54.5 cm³/mol. The zero-order valence-corrected chi connectivity index (χ0v) is 8.29.